The number of nitrogens with two attached hydrogens (primary N) is 1. The van der Waals surface area contributed by atoms with E-state index >= 15 is 0 Å². The van der Waals surface area contributed by atoms with Crippen molar-refractivity contribution in [1.29, 1.82) is 0 Å². The van der Waals surface area contributed by atoms with Crippen molar-refractivity contribution >= 4 is 27.6 Å². The number of sulfonamides is 1. The average molecular weight is 456 g/mol. The molecule has 1 amide bonds. The van der Waals surface area contributed by atoms with Crippen molar-refractivity contribution < 1.29 is 17.9 Å². The Hall–Kier alpha value is -3.66. The van der Waals surface area contributed by atoms with Crippen LogP contribution in [0.15, 0.2) is 47.5 Å². The Balaban J connectivity index is 2.00. The minimum absolute atomic E-state index is 0.0197. The summed E-state index contributed by atoms with van der Waals surface area (Å²) in [4.78, 5) is 21.1. The maximum atomic E-state index is 12.9. The Labute approximate surface area is 187 Å². The molecule has 0 atom stereocenters. The molecule has 1 aromatic carbocycles. The van der Waals surface area contributed by atoms with Crippen molar-refractivity contribution in [1.82, 2.24) is 14.7 Å². The second kappa shape index (κ2) is 9.23. The van der Waals surface area contributed by atoms with E-state index < -0.39 is 15.9 Å². The van der Waals surface area contributed by atoms with E-state index in [1.807, 2.05) is 44.5 Å². The number of anilines is 2. The zero-order valence-electron chi connectivity index (χ0n) is 18.3. The van der Waals surface area contributed by atoms with E-state index in [0.29, 0.717) is 18.1 Å². The van der Waals surface area contributed by atoms with Gasteiger partial charge in [0, 0.05) is 6.54 Å². The highest BCUT2D eigenvalue weighted by Gasteiger charge is 2.24. The van der Waals surface area contributed by atoms with Crippen LogP contribution in [0.2, 0.25) is 0 Å². The third-order valence-electron chi connectivity index (χ3n) is 4.51. The number of aromatic nitrogens is 2. The summed E-state index contributed by atoms with van der Waals surface area (Å²) < 4.78 is 33.3. The highest BCUT2D eigenvalue weighted by molar-refractivity contribution is 7.90. The van der Waals surface area contributed by atoms with Gasteiger partial charge >= 0.3 is 0 Å². The normalized spacial score (nSPS) is 11.1. The van der Waals surface area contributed by atoms with Crippen LogP contribution in [0, 0.1) is 20.8 Å². The Morgan fingerprint density at radius 3 is 2.38 bits per heavy atom. The lowest BCUT2D eigenvalue weighted by molar-refractivity contribution is 0.0978. The number of pyridine rings is 2. The van der Waals surface area contributed by atoms with Gasteiger partial charge in [-0.1, -0.05) is 23.8 Å². The SMILES string of the molecule is CCNc1ccc(C(=O)NS(=O)(=O)c2cccc(N)n2)c(Oc2c(C)cc(C)cc2C)n1. The van der Waals surface area contributed by atoms with Crippen LogP contribution in [0.1, 0.15) is 34.0 Å². The smallest absolute Gasteiger partial charge is 0.281 e. The van der Waals surface area contributed by atoms with E-state index in [1.54, 1.807) is 6.07 Å². The van der Waals surface area contributed by atoms with E-state index in [4.69, 9.17) is 10.5 Å². The third kappa shape index (κ3) is 5.14. The number of benzene rings is 1. The lowest BCUT2D eigenvalue weighted by Gasteiger charge is -2.16. The summed E-state index contributed by atoms with van der Waals surface area (Å²) in [6.45, 7) is 8.26. The minimum atomic E-state index is -4.25. The fraction of sp³-hybridized carbons (Fsp3) is 0.227. The topological polar surface area (TPSA) is 136 Å². The number of nitrogen functional groups attached to an aromatic ring is 1. The van der Waals surface area contributed by atoms with Gasteiger partial charge in [0.2, 0.25) is 5.88 Å². The molecule has 3 rings (SSSR count). The standard InChI is InChI=1S/C22H25N5O4S/c1-5-24-18-10-9-16(21(28)27-32(29,30)19-8-6-7-17(23)25-19)22(26-18)31-20-14(3)11-13(2)12-15(20)4/h6-12H,5H2,1-4H3,(H2,23,25)(H,24,26)(H,27,28). The van der Waals surface area contributed by atoms with Gasteiger partial charge in [-0.2, -0.15) is 13.4 Å². The van der Waals surface area contributed by atoms with E-state index in [1.165, 1.54) is 24.3 Å². The quantitative estimate of drug-likeness (QED) is 0.493. The molecule has 0 aliphatic rings. The van der Waals surface area contributed by atoms with Crippen LogP contribution < -0.4 is 20.5 Å². The van der Waals surface area contributed by atoms with Crippen LogP contribution in [-0.2, 0) is 10.0 Å². The summed E-state index contributed by atoms with van der Waals surface area (Å²) in [7, 11) is -4.25. The van der Waals surface area contributed by atoms with Crippen LogP contribution >= 0.6 is 0 Å². The molecule has 10 heteroatoms. The molecule has 32 heavy (non-hydrogen) atoms. The Kier molecular flexibility index (Phi) is 6.64. The number of nitrogens with one attached hydrogen (secondary N) is 2. The zero-order valence-corrected chi connectivity index (χ0v) is 19.1. The Morgan fingerprint density at radius 1 is 1.06 bits per heavy atom. The molecule has 0 radical (unpaired) electrons. The maximum absolute atomic E-state index is 12.9. The van der Waals surface area contributed by atoms with Crippen molar-refractivity contribution in [3.63, 3.8) is 0 Å². The molecule has 0 aliphatic carbocycles. The first-order valence-corrected chi connectivity index (χ1v) is 11.4. The molecule has 0 unspecified atom stereocenters. The summed E-state index contributed by atoms with van der Waals surface area (Å²) >= 11 is 0. The van der Waals surface area contributed by atoms with E-state index in [-0.39, 0.29) is 22.3 Å². The molecule has 2 aromatic heterocycles. The first kappa shape index (κ1) is 23.0. The fourth-order valence-corrected chi connectivity index (χ4v) is 4.15. The molecule has 3 aromatic rings. The first-order valence-electron chi connectivity index (χ1n) is 9.91. The molecule has 168 valence electrons. The number of aryl methyl sites for hydroxylation is 3. The second-order valence-electron chi connectivity index (χ2n) is 7.24. The zero-order chi connectivity index (χ0) is 23.5. The molecular weight excluding hydrogens is 430 g/mol. The van der Waals surface area contributed by atoms with Crippen LogP contribution in [0.4, 0.5) is 11.6 Å². The van der Waals surface area contributed by atoms with Crippen LogP contribution in [-0.4, -0.2) is 30.8 Å². The Bertz CT molecular complexity index is 1250. The predicted molar refractivity (Wildman–Crippen MR) is 122 cm³/mol. The molecule has 0 saturated carbocycles. The number of carbonyl (C=O) groups is 1. The van der Waals surface area contributed by atoms with Gasteiger partial charge in [-0.3, -0.25) is 4.79 Å². The minimum Gasteiger partial charge on any atom is -0.438 e. The summed E-state index contributed by atoms with van der Waals surface area (Å²) in [6, 6.07) is 11.1. The summed E-state index contributed by atoms with van der Waals surface area (Å²) in [5.74, 6) is 0.133. The number of rotatable bonds is 7. The second-order valence-corrected chi connectivity index (χ2v) is 8.87. The number of hydrogen-bond acceptors (Lipinski definition) is 8. The summed E-state index contributed by atoms with van der Waals surface area (Å²) in [5, 5.41) is 2.69. The summed E-state index contributed by atoms with van der Waals surface area (Å²) in [6.07, 6.45) is 0. The molecule has 9 nitrogen and oxygen atoms in total. The Morgan fingerprint density at radius 2 is 1.75 bits per heavy atom. The average Bonchev–Trinajstić information content (AvgIpc) is 2.70. The van der Waals surface area contributed by atoms with Gasteiger partial charge < -0.3 is 15.8 Å². The van der Waals surface area contributed by atoms with Crippen LogP contribution in [0.5, 0.6) is 11.6 Å². The first-order chi connectivity index (χ1) is 15.1. The highest BCUT2D eigenvalue weighted by Crippen LogP contribution is 2.31. The summed E-state index contributed by atoms with van der Waals surface area (Å²) in [5.41, 5.74) is 8.32. The number of ether oxygens (including phenoxy) is 1. The van der Waals surface area contributed by atoms with Crippen molar-refractivity contribution in [2.24, 2.45) is 0 Å². The van der Waals surface area contributed by atoms with Crippen LogP contribution in [0.3, 0.4) is 0 Å². The molecule has 0 saturated heterocycles. The number of amides is 1. The molecular formula is C22H25N5O4S. The number of carbonyl (C=O) groups excluding carboxylic acids is 1. The molecule has 4 N–H and O–H groups in total. The number of hydrogen-bond donors (Lipinski definition) is 3. The predicted octanol–water partition coefficient (Wildman–Crippen LogP) is 3.33. The van der Waals surface area contributed by atoms with Gasteiger partial charge in [0.25, 0.3) is 15.9 Å². The third-order valence-corrected chi connectivity index (χ3v) is 5.75. The van der Waals surface area contributed by atoms with Gasteiger partial charge in [-0.15, -0.1) is 0 Å². The van der Waals surface area contributed by atoms with Crippen molar-refractivity contribution in [3.05, 3.63) is 64.7 Å². The largest absolute Gasteiger partial charge is 0.438 e. The molecule has 2 heterocycles. The van der Waals surface area contributed by atoms with E-state index in [2.05, 4.69) is 15.3 Å². The highest BCUT2D eigenvalue weighted by atomic mass is 32.2. The lowest BCUT2D eigenvalue weighted by atomic mass is 10.1. The van der Waals surface area contributed by atoms with Crippen molar-refractivity contribution in [3.8, 4) is 11.6 Å². The van der Waals surface area contributed by atoms with Crippen molar-refractivity contribution in [2.75, 3.05) is 17.6 Å². The fourth-order valence-electron chi connectivity index (χ4n) is 3.20. The molecule has 0 spiro atoms. The van der Waals surface area contributed by atoms with Crippen LogP contribution in [0.25, 0.3) is 0 Å². The lowest BCUT2D eigenvalue weighted by Crippen LogP contribution is -2.31. The van der Waals surface area contributed by atoms with Crippen molar-refractivity contribution in [2.45, 2.75) is 32.7 Å². The maximum Gasteiger partial charge on any atom is 0.281 e. The molecule has 0 bridgehead atoms. The van der Waals surface area contributed by atoms with E-state index in [0.717, 1.165) is 16.7 Å². The van der Waals surface area contributed by atoms with E-state index in [9.17, 15) is 13.2 Å². The molecule has 0 aliphatic heterocycles. The molecule has 0 fully saturated rings. The monoisotopic (exact) mass is 455 g/mol. The van der Waals surface area contributed by atoms with Gasteiger partial charge in [0.1, 0.15) is 22.9 Å². The van der Waals surface area contributed by atoms with Gasteiger partial charge in [-0.05, 0) is 63.1 Å². The number of nitrogens with zero attached hydrogens (tertiary/aromatic N) is 2. The van der Waals surface area contributed by atoms with Gasteiger partial charge in [-0.25, -0.2) is 9.71 Å². The van der Waals surface area contributed by atoms with Gasteiger partial charge in [0.05, 0.1) is 0 Å². The van der Waals surface area contributed by atoms with Gasteiger partial charge in [0.15, 0.2) is 5.03 Å².